The van der Waals surface area contributed by atoms with Gasteiger partial charge in [-0.25, -0.2) is 0 Å². The third kappa shape index (κ3) is 4.40. The van der Waals surface area contributed by atoms with Gasteiger partial charge < -0.3 is 10.6 Å². The number of amides is 1. The highest BCUT2D eigenvalue weighted by molar-refractivity contribution is 5.85. The summed E-state index contributed by atoms with van der Waals surface area (Å²) in [5.41, 5.74) is 7.01. The number of likely N-dealkylation sites (tertiary alicyclic amines) is 1. The van der Waals surface area contributed by atoms with E-state index in [0.717, 1.165) is 45.2 Å². The Morgan fingerprint density at radius 1 is 1.30 bits per heavy atom. The summed E-state index contributed by atoms with van der Waals surface area (Å²) in [7, 11) is 0. The summed E-state index contributed by atoms with van der Waals surface area (Å²) in [5.74, 6) is 0.884. The maximum Gasteiger partial charge on any atom is 0.226 e. The second-order valence-corrected chi connectivity index (χ2v) is 6.61. The van der Waals surface area contributed by atoms with Crippen molar-refractivity contribution >= 4 is 30.7 Å². The van der Waals surface area contributed by atoms with E-state index in [9.17, 15) is 4.79 Å². The fourth-order valence-electron chi connectivity index (χ4n) is 3.88. The van der Waals surface area contributed by atoms with Crippen molar-refractivity contribution in [1.29, 1.82) is 0 Å². The van der Waals surface area contributed by atoms with E-state index in [1.165, 1.54) is 5.56 Å². The van der Waals surface area contributed by atoms with Crippen LogP contribution in [0.1, 0.15) is 43.7 Å². The number of hydrogen-bond acceptors (Lipinski definition) is 3. The van der Waals surface area contributed by atoms with E-state index in [4.69, 9.17) is 5.73 Å². The average molecular weight is 363 g/mol. The van der Waals surface area contributed by atoms with Crippen LogP contribution >= 0.6 is 24.8 Å². The van der Waals surface area contributed by atoms with Gasteiger partial charge in [-0.2, -0.15) is 5.10 Å². The van der Waals surface area contributed by atoms with Crippen molar-refractivity contribution < 1.29 is 4.79 Å². The van der Waals surface area contributed by atoms with Crippen LogP contribution in [0.4, 0.5) is 0 Å². The zero-order valence-corrected chi connectivity index (χ0v) is 15.3. The van der Waals surface area contributed by atoms with Crippen LogP contribution in [-0.4, -0.2) is 40.2 Å². The Morgan fingerprint density at radius 3 is 2.74 bits per heavy atom. The highest BCUT2D eigenvalue weighted by Gasteiger charge is 2.36. The van der Waals surface area contributed by atoms with Crippen molar-refractivity contribution in [2.24, 2.45) is 17.6 Å². The second kappa shape index (κ2) is 8.90. The van der Waals surface area contributed by atoms with Crippen molar-refractivity contribution in [3.05, 3.63) is 18.0 Å². The van der Waals surface area contributed by atoms with Gasteiger partial charge in [-0.3, -0.25) is 9.48 Å². The normalized spacial score (nSPS) is 27.2. The van der Waals surface area contributed by atoms with Gasteiger partial charge in [-0.1, -0.05) is 6.42 Å². The van der Waals surface area contributed by atoms with E-state index < -0.39 is 0 Å². The molecule has 23 heavy (non-hydrogen) atoms. The van der Waals surface area contributed by atoms with Crippen LogP contribution in [-0.2, 0) is 4.79 Å². The average Bonchev–Trinajstić information content (AvgIpc) is 3.15. The minimum Gasteiger partial charge on any atom is -0.340 e. The Morgan fingerprint density at radius 2 is 2.09 bits per heavy atom. The van der Waals surface area contributed by atoms with Gasteiger partial charge in [-0.05, 0) is 50.6 Å². The van der Waals surface area contributed by atoms with Crippen molar-refractivity contribution in [3.8, 4) is 0 Å². The van der Waals surface area contributed by atoms with Gasteiger partial charge in [0.05, 0.1) is 12.2 Å². The topological polar surface area (TPSA) is 64.2 Å². The second-order valence-electron chi connectivity index (χ2n) is 6.61. The van der Waals surface area contributed by atoms with Gasteiger partial charge in [0.25, 0.3) is 0 Å². The number of carbonyl (C=O) groups excluding carboxylic acids is 1. The van der Waals surface area contributed by atoms with Crippen LogP contribution in [0.15, 0.2) is 12.4 Å². The Kier molecular flexibility index (Phi) is 7.84. The third-order valence-electron chi connectivity index (χ3n) is 5.09. The molecule has 3 rings (SSSR count). The Labute approximate surface area is 150 Å². The lowest BCUT2D eigenvalue weighted by Crippen LogP contribution is -2.45. The number of nitrogens with zero attached hydrogens (tertiary/aromatic N) is 3. The molecule has 1 saturated carbocycles. The largest absolute Gasteiger partial charge is 0.340 e. The third-order valence-corrected chi connectivity index (χ3v) is 5.09. The SMILES string of the molecule is Cc1cnn(C2CCCN(C(=O)[C@@H]3CCC[C@@H]3CN)C2)c1.Cl.Cl. The Bertz CT molecular complexity index is 508. The summed E-state index contributed by atoms with van der Waals surface area (Å²) >= 11 is 0. The van der Waals surface area contributed by atoms with E-state index in [1.54, 1.807) is 0 Å². The van der Waals surface area contributed by atoms with Crippen molar-refractivity contribution in [1.82, 2.24) is 14.7 Å². The van der Waals surface area contributed by atoms with Crippen LogP contribution in [0.25, 0.3) is 0 Å². The first-order chi connectivity index (χ1) is 10.2. The molecular formula is C16H28Cl2N4O. The Hall–Kier alpha value is -0.780. The zero-order valence-electron chi connectivity index (χ0n) is 13.7. The zero-order chi connectivity index (χ0) is 14.8. The number of aryl methyl sites for hydroxylation is 1. The number of carbonyl (C=O) groups is 1. The first-order valence-electron chi connectivity index (χ1n) is 8.18. The number of nitrogens with two attached hydrogens (primary N) is 1. The number of piperidine rings is 1. The maximum atomic E-state index is 12.8. The molecule has 1 unspecified atom stereocenters. The van der Waals surface area contributed by atoms with E-state index >= 15 is 0 Å². The predicted octanol–water partition coefficient (Wildman–Crippen LogP) is 2.57. The molecule has 132 valence electrons. The van der Waals surface area contributed by atoms with Gasteiger partial charge >= 0.3 is 0 Å². The lowest BCUT2D eigenvalue weighted by Gasteiger charge is -2.35. The molecule has 2 aliphatic rings. The highest BCUT2D eigenvalue weighted by Crippen LogP contribution is 2.33. The minimum atomic E-state index is 0. The fraction of sp³-hybridized carbons (Fsp3) is 0.750. The van der Waals surface area contributed by atoms with E-state index in [2.05, 4.69) is 23.1 Å². The molecule has 1 aliphatic carbocycles. The number of hydrogen-bond donors (Lipinski definition) is 1. The smallest absolute Gasteiger partial charge is 0.226 e. The number of halogens is 2. The minimum absolute atomic E-state index is 0. The molecule has 0 bridgehead atoms. The molecule has 2 heterocycles. The van der Waals surface area contributed by atoms with Crippen LogP contribution in [0.3, 0.4) is 0 Å². The monoisotopic (exact) mass is 362 g/mol. The molecule has 2 N–H and O–H groups in total. The summed E-state index contributed by atoms with van der Waals surface area (Å²) in [6.45, 7) is 4.39. The molecule has 0 spiro atoms. The molecule has 3 atom stereocenters. The Balaban J connectivity index is 0.00000132. The molecule has 1 saturated heterocycles. The first kappa shape index (κ1) is 20.3. The molecule has 7 heteroatoms. The molecule has 1 aliphatic heterocycles. The number of aromatic nitrogens is 2. The molecule has 1 aromatic heterocycles. The van der Waals surface area contributed by atoms with Gasteiger partial charge in [0.1, 0.15) is 0 Å². The summed E-state index contributed by atoms with van der Waals surface area (Å²) in [4.78, 5) is 14.9. The lowest BCUT2D eigenvalue weighted by molar-refractivity contribution is -0.138. The summed E-state index contributed by atoms with van der Waals surface area (Å²) < 4.78 is 2.03. The van der Waals surface area contributed by atoms with Gasteiger partial charge in [0.15, 0.2) is 0 Å². The molecule has 1 amide bonds. The van der Waals surface area contributed by atoms with Crippen molar-refractivity contribution in [3.63, 3.8) is 0 Å². The molecular weight excluding hydrogens is 335 g/mol. The summed E-state index contributed by atoms with van der Waals surface area (Å²) in [6, 6.07) is 0.328. The quantitative estimate of drug-likeness (QED) is 0.898. The van der Waals surface area contributed by atoms with E-state index in [0.29, 0.717) is 24.4 Å². The van der Waals surface area contributed by atoms with Crippen LogP contribution in [0.5, 0.6) is 0 Å². The lowest BCUT2D eigenvalue weighted by atomic mass is 9.93. The molecule has 5 nitrogen and oxygen atoms in total. The predicted molar refractivity (Wildman–Crippen MR) is 96.2 cm³/mol. The summed E-state index contributed by atoms with van der Waals surface area (Å²) in [6.07, 6.45) is 9.42. The van der Waals surface area contributed by atoms with Gasteiger partial charge in [-0.15, -0.1) is 24.8 Å². The first-order valence-corrected chi connectivity index (χ1v) is 8.18. The van der Waals surface area contributed by atoms with Crippen LogP contribution in [0, 0.1) is 18.8 Å². The standard InChI is InChI=1S/C16H26N4O.2ClH/c1-12-9-18-20(10-12)14-5-3-7-19(11-14)16(21)15-6-2-4-13(15)8-17;;/h9-10,13-15H,2-8,11,17H2,1H3;2*1H/t13-,14?,15-;;/m1../s1. The summed E-state index contributed by atoms with van der Waals surface area (Å²) in [5, 5.41) is 4.42. The van der Waals surface area contributed by atoms with Crippen molar-refractivity contribution in [2.45, 2.75) is 45.1 Å². The van der Waals surface area contributed by atoms with Gasteiger partial charge in [0, 0.05) is 25.2 Å². The van der Waals surface area contributed by atoms with Crippen molar-refractivity contribution in [2.75, 3.05) is 19.6 Å². The van der Waals surface area contributed by atoms with Crippen LogP contribution < -0.4 is 5.73 Å². The fourth-order valence-corrected chi connectivity index (χ4v) is 3.88. The maximum absolute atomic E-state index is 12.8. The molecule has 0 aromatic carbocycles. The molecule has 1 aromatic rings. The highest BCUT2D eigenvalue weighted by atomic mass is 35.5. The number of rotatable bonds is 3. The van der Waals surface area contributed by atoms with E-state index in [-0.39, 0.29) is 30.7 Å². The van der Waals surface area contributed by atoms with Crippen LogP contribution in [0.2, 0.25) is 0 Å². The molecule has 0 radical (unpaired) electrons. The van der Waals surface area contributed by atoms with E-state index in [1.807, 2.05) is 10.9 Å². The van der Waals surface area contributed by atoms with Gasteiger partial charge in [0.2, 0.25) is 5.91 Å². The molecule has 2 fully saturated rings.